The third-order valence-corrected chi connectivity index (χ3v) is 3.96. The van der Waals surface area contributed by atoms with Gasteiger partial charge in [0.2, 0.25) is 0 Å². The van der Waals surface area contributed by atoms with Gasteiger partial charge in [-0.3, -0.25) is 0 Å². The van der Waals surface area contributed by atoms with Crippen molar-refractivity contribution in [2.24, 2.45) is 0 Å². The second-order valence-corrected chi connectivity index (χ2v) is 5.51. The van der Waals surface area contributed by atoms with Crippen LogP contribution in [0.25, 0.3) is 0 Å². The fourth-order valence-corrected chi connectivity index (χ4v) is 2.70. The smallest absolute Gasteiger partial charge is 0.0951 e. The third-order valence-electron chi connectivity index (χ3n) is 3.96. The van der Waals surface area contributed by atoms with Crippen LogP contribution in [0.3, 0.4) is 0 Å². The van der Waals surface area contributed by atoms with Gasteiger partial charge in [0.1, 0.15) is 0 Å². The van der Waals surface area contributed by atoms with E-state index in [1.165, 1.54) is 44.3 Å². The van der Waals surface area contributed by atoms with Gasteiger partial charge in [-0.1, -0.05) is 6.42 Å². The number of nitrogens with zero attached hydrogens (tertiary/aromatic N) is 2. The third kappa shape index (κ3) is 3.12. The molecule has 1 saturated carbocycles. The predicted octanol–water partition coefficient (Wildman–Crippen LogP) is 2.27. The molecule has 1 atom stereocenters. The van der Waals surface area contributed by atoms with Crippen molar-refractivity contribution in [3.8, 4) is 0 Å². The van der Waals surface area contributed by atoms with Crippen LogP contribution in [0.5, 0.6) is 0 Å². The fourth-order valence-electron chi connectivity index (χ4n) is 2.70. The molecule has 1 aliphatic heterocycles. The van der Waals surface area contributed by atoms with Crippen molar-refractivity contribution >= 4 is 0 Å². The Kier molecular flexibility index (Phi) is 3.96. The maximum Gasteiger partial charge on any atom is 0.0951 e. The number of imidazole rings is 1. The molecular formula is C14H23N3O. The van der Waals surface area contributed by atoms with Crippen LogP contribution in [-0.2, 0) is 11.3 Å². The van der Waals surface area contributed by atoms with Gasteiger partial charge in [0.05, 0.1) is 24.8 Å². The molecule has 1 aromatic heterocycles. The van der Waals surface area contributed by atoms with Gasteiger partial charge in [0.25, 0.3) is 0 Å². The Morgan fingerprint density at radius 1 is 1.33 bits per heavy atom. The molecule has 0 bridgehead atoms. The number of rotatable bonds is 6. The number of hydrogen-bond donors (Lipinski definition) is 1. The van der Waals surface area contributed by atoms with E-state index in [2.05, 4.69) is 14.9 Å². The highest BCUT2D eigenvalue weighted by Crippen LogP contribution is 2.35. The van der Waals surface area contributed by atoms with Crippen LogP contribution >= 0.6 is 0 Å². The van der Waals surface area contributed by atoms with E-state index in [0.29, 0.717) is 18.7 Å². The molecule has 2 heterocycles. The first-order valence-corrected chi connectivity index (χ1v) is 7.25. The summed E-state index contributed by atoms with van der Waals surface area (Å²) in [7, 11) is 0. The van der Waals surface area contributed by atoms with Crippen molar-refractivity contribution in [1.29, 1.82) is 0 Å². The molecular weight excluding hydrogens is 226 g/mol. The summed E-state index contributed by atoms with van der Waals surface area (Å²) in [6.07, 6.45) is 11.6. The van der Waals surface area contributed by atoms with Crippen LogP contribution in [0.15, 0.2) is 12.5 Å². The molecule has 1 aromatic rings. The molecule has 0 aromatic carbocycles. The van der Waals surface area contributed by atoms with Crippen LogP contribution in [0.4, 0.5) is 0 Å². The molecule has 4 nitrogen and oxygen atoms in total. The van der Waals surface area contributed by atoms with Crippen molar-refractivity contribution in [2.75, 3.05) is 13.2 Å². The zero-order chi connectivity index (χ0) is 12.2. The Hall–Kier alpha value is -0.870. The van der Waals surface area contributed by atoms with E-state index in [9.17, 15) is 0 Å². The second kappa shape index (κ2) is 5.85. The van der Waals surface area contributed by atoms with Gasteiger partial charge in [0, 0.05) is 18.7 Å². The van der Waals surface area contributed by atoms with Crippen molar-refractivity contribution in [3.63, 3.8) is 0 Å². The monoisotopic (exact) mass is 249 g/mol. The highest BCUT2D eigenvalue weighted by molar-refractivity contribution is 5.02. The zero-order valence-corrected chi connectivity index (χ0v) is 11.0. The largest absolute Gasteiger partial charge is 0.375 e. The summed E-state index contributed by atoms with van der Waals surface area (Å²) in [5.74, 6) is 0. The number of ether oxygens (including phenoxy) is 1. The van der Waals surface area contributed by atoms with E-state index in [-0.39, 0.29) is 0 Å². The number of hydrogen-bond acceptors (Lipinski definition) is 3. The summed E-state index contributed by atoms with van der Waals surface area (Å²) in [6.45, 7) is 2.75. The molecule has 4 heteroatoms. The SMILES string of the molecule is c1ncn(C2CC2)c1COCCC1CCCCN1. The molecule has 18 heavy (non-hydrogen) atoms. The number of piperidine rings is 1. The average Bonchev–Trinajstić information content (AvgIpc) is 3.16. The van der Waals surface area contributed by atoms with Crippen molar-refractivity contribution in [1.82, 2.24) is 14.9 Å². The maximum absolute atomic E-state index is 5.80. The van der Waals surface area contributed by atoms with Gasteiger partial charge in [-0.15, -0.1) is 0 Å². The highest BCUT2D eigenvalue weighted by Gasteiger charge is 2.25. The van der Waals surface area contributed by atoms with E-state index in [4.69, 9.17) is 4.74 Å². The summed E-state index contributed by atoms with van der Waals surface area (Å²) < 4.78 is 8.08. The van der Waals surface area contributed by atoms with Crippen LogP contribution in [-0.4, -0.2) is 28.7 Å². The average molecular weight is 249 g/mol. The van der Waals surface area contributed by atoms with Crippen molar-refractivity contribution in [2.45, 2.75) is 57.2 Å². The lowest BCUT2D eigenvalue weighted by Gasteiger charge is -2.23. The molecule has 1 aliphatic carbocycles. The number of aromatic nitrogens is 2. The lowest BCUT2D eigenvalue weighted by molar-refractivity contribution is 0.104. The minimum absolute atomic E-state index is 0.673. The molecule has 1 saturated heterocycles. The summed E-state index contributed by atoms with van der Waals surface area (Å²) in [6, 6.07) is 1.37. The zero-order valence-electron chi connectivity index (χ0n) is 11.0. The minimum atomic E-state index is 0.673. The van der Waals surface area contributed by atoms with Gasteiger partial charge in [-0.25, -0.2) is 4.98 Å². The maximum atomic E-state index is 5.80. The molecule has 2 fully saturated rings. The Bertz CT molecular complexity index is 367. The van der Waals surface area contributed by atoms with Crippen LogP contribution in [0, 0.1) is 0 Å². The molecule has 2 aliphatic rings. The molecule has 0 amide bonds. The molecule has 0 radical (unpaired) electrons. The summed E-state index contributed by atoms with van der Waals surface area (Å²) in [5, 5.41) is 3.55. The van der Waals surface area contributed by atoms with Gasteiger partial charge in [-0.05, 0) is 38.6 Å². The topological polar surface area (TPSA) is 39.1 Å². The van der Waals surface area contributed by atoms with Gasteiger partial charge >= 0.3 is 0 Å². The summed E-state index contributed by atoms with van der Waals surface area (Å²) in [5.41, 5.74) is 1.23. The van der Waals surface area contributed by atoms with E-state index in [1.807, 2.05) is 12.5 Å². The second-order valence-electron chi connectivity index (χ2n) is 5.51. The van der Waals surface area contributed by atoms with E-state index in [1.54, 1.807) is 0 Å². The first kappa shape index (κ1) is 12.2. The summed E-state index contributed by atoms with van der Waals surface area (Å²) in [4.78, 5) is 4.22. The minimum Gasteiger partial charge on any atom is -0.375 e. The van der Waals surface area contributed by atoms with Crippen LogP contribution in [0.1, 0.15) is 50.3 Å². The Morgan fingerprint density at radius 3 is 3.06 bits per heavy atom. The normalized spacial score (nSPS) is 24.3. The van der Waals surface area contributed by atoms with Gasteiger partial charge < -0.3 is 14.6 Å². The fraction of sp³-hybridized carbons (Fsp3) is 0.786. The van der Waals surface area contributed by atoms with Gasteiger partial charge in [-0.2, -0.15) is 0 Å². The van der Waals surface area contributed by atoms with Crippen molar-refractivity contribution in [3.05, 3.63) is 18.2 Å². The van der Waals surface area contributed by atoms with Gasteiger partial charge in [0.15, 0.2) is 0 Å². The summed E-state index contributed by atoms with van der Waals surface area (Å²) >= 11 is 0. The molecule has 100 valence electrons. The van der Waals surface area contributed by atoms with Crippen LogP contribution in [0.2, 0.25) is 0 Å². The highest BCUT2D eigenvalue weighted by atomic mass is 16.5. The molecule has 1 unspecified atom stereocenters. The first-order valence-electron chi connectivity index (χ1n) is 7.25. The van der Waals surface area contributed by atoms with E-state index < -0.39 is 0 Å². The molecule has 1 N–H and O–H groups in total. The van der Waals surface area contributed by atoms with E-state index >= 15 is 0 Å². The predicted molar refractivity (Wildman–Crippen MR) is 70.4 cm³/mol. The first-order chi connectivity index (χ1) is 8.93. The number of nitrogens with one attached hydrogen (secondary N) is 1. The molecule has 0 spiro atoms. The molecule has 3 rings (SSSR count). The Morgan fingerprint density at radius 2 is 2.28 bits per heavy atom. The Labute approximate surface area is 109 Å². The lowest BCUT2D eigenvalue weighted by Crippen LogP contribution is -2.34. The standard InChI is InChI=1S/C14H23N3O/c1-2-7-16-12(3-1)6-8-18-10-14-9-15-11-17(14)13-4-5-13/h9,11-13,16H,1-8,10H2. The Balaban J connectivity index is 1.37. The van der Waals surface area contributed by atoms with Crippen molar-refractivity contribution < 1.29 is 4.74 Å². The van der Waals surface area contributed by atoms with E-state index in [0.717, 1.165) is 13.0 Å². The quantitative estimate of drug-likeness (QED) is 0.786. The van der Waals surface area contributed by atoms with Crippen LogP contribution < -0.4 is 5.32 Å². The lowest BCUT2D eigenvalue weighted by atomic mass is 10.0.